The van der Waals surface area contributed by atoms with Crippen molar-refractivity contribution in [2.45, 2.75) is 32.4 Å². The second-order valence-corrected chi connectivity index (χ2v) is 3.57. The van der Waals surface area contributed by atoms with Gasteiger partial charge in [0.25, 0.3) is 0 Å². The Bertz CT molecular complexity index is 311. The Morgan fingerprint density at radius 3 is 2.53 bits per heavy atom. The van der Waals surface area contributed by atoms with Crippen molar-refractivity contribution in [3.05, 3.63) is 35.9 Å². The highest BCUT2D eigenvalue weighted by molar-refractivity contribution is 5.75. The fraction of sp³-hybridized carbons (Fsp3) is 0.417. The summed E-state index contributed by atoms with van der Waals surface area (Å²) >= 11 is 0. The number of carbonyl (C=O) groups is 1. The number of benzene rings is 1. The normalized spacial score (nSPS) is 14.3. The molecule has 2 N–H and O–H groups in total. The first-order chi connectivity index (χ1) is 7.15. The van der Waals surface area contributed by atoms with Crippen molar-refractivity contribution in [3.63, 3.8) is 0 Å². The highest BCUT2D eigenvalue weighted by Crippen LogP contribution is 2.15. The van der Waals surface area contributed by atoms with E-state index in [9.17, 15) is 9.90 Å². The Morgan fingerprint density at radius 1 is 1.40 bits per heavy atom. The van der Waals surface area contributed by atoms with Crippen LogP contribution < -0.4 is 5.32 Å². The summed E-state index contributed by atoms with van der Waals surface area (Å²) in [7, 11) is 0. The van der Waals surface area contributed by atoms with Gasteiger partial charge in [0.15, 0.2) is 0 Å². The van der Waals surface area contributed by atoms with E-state index in [0.29, 0.717) is 6.42 Å². The van der Waals surface area contributed by atoms with Crippen LogP contribution >= 0.6 is 0 Å². The number of nitrogens with one attached hydrogen (secondary N) is 1. The summed E-state index contributed by atoms with van der Waals surface area (Å²) in [5.74, 6) is -0.0440. The Labute approximate surface area is 90.1 Å². The lowest BCUT2D eigenvalue weighted by Crippen LogP contribution is -2.36. The molecule has 0 saturated heterocycles. The van der Waals surface area contributed by atoms with E-state index >= 15 is 0 Å². The summed E-state index contributed by atoms with van der Waals surface area (Å²) in [5.41, 5.74) is 0.821. The minimum atomic E-state index is -0.651. The zero-order valence-corrected chi connectivity index (χ0v) is 9.10. The van der Waals surface area contributed by atoms with E-state index < -0.39 is 6.10 Å². The predicted molar refractivity (Wildman–Crippen MR) is 59.3 cm³/mol. The predicted octanol–water partition coefficient (Wildman–Crippen LogP) is 1.63. The number of hydrogen-bond acceptors (Lipinski definition) is 2. The van der Waals surface area contributed by atoms with Gasteiger partial charge in [-0.15, -0.1) is 0 Å². The van der Waals surface area contributed by atoms with Crippen LogP contribution in [0.15, 0.2) is 30.3 Å². The molecule has 3 nitrogen and oxygen atoms in total. The third kappa shape index (κ3) is 3.36. The summed E-state index contributed by atoms with van der Waals surface area (Å²) in [5, 5.41) is 12.7. The third-order valence-corrected chi connectivity index (χ3v) is 2.32. The molecule has 1 amide bonds. The van der Waals surface area contributed by atoms with Gasteiger partial charge < -0.3 is 10.4 Å². The third-order valence-electron chi connectivity index (χ3n) is 2.32. The summed E-state index contributed by atoms with van der Waals surface area (Å²) in [6.45, 7) is 3.59. The molecule has 0 heterocycles. The van der Waals surface area contributed by atoms with Gasteiger partial charge in [0.2, 0.25) is 5.91 Å². The molecule has 0 saturated carbocycles. The number of aliphatic hydroxyl groups excluding tert-OH is 1. The molecular formula is C12H17NO2. The van der Waals surface area contributed by atoms with Crippen molar-refractivity contribution < 1.29 is 9.90 Å². The van der Waals surface area contributed by atoms with Gasteiger partial charge in [0, 0.05) is 6.42 Å². The molecule has 1 aromatic carbocycles. The maximum absolute atomic E-state index is 11.1. The number of rotatable bonds is 4. The molecule has 2 atom stereocenters. The first kappa shape index (κ1) is 11.7. The Kier molecular flexibility index (Phi) is 4.31. The molecule has 15 heavy (non-hydrogen) atoms. The molecule has 0 radical (unpaired) electrons. The minimum absolute atomic E-state index is 0.0440. The average Bonchev–Trinajstić information content (AvgIpc) is 2.29. The smallest absolute Gasteiger partial charge is 0.220 e. The summed E-state index contributed by atoms with van der Waals surface area (Å²) in [6.07, 6.45) is -0.215. The van der Waals surface area contributed by atoms with Gasteiger partial charge in [-0.2, -0.15) is 0 Å². The molecule has 2 unspecified atom stereocenters. The fourth-order valence-electron chi connectivity index (χ4n) is 1.37. The van der Waals surface area contributed by atoms with Crippen LogP contribution in [0.3, 0.4) is 0 Å². The fourth-order valence-corrected chi connectivity index (χ4v) is 1.37. The van der Waals surface area contributed by atoms with E-state index in [2.05, 4.69) is 5.32 Å². The van der Waals surface area contributed by atoms with Crippen LogP contribution in [0, 0.1) is 0 Å². The molecule has 1 rings (SSSR count). The highest BCUT2D eigenvalue weighted by Gasteiger charge is 2.16. The molecule has 0 fully saturated rings. The van der Waals surface area contributed by atoms with Gasteiger partial charge in [-0.25, -0.2) is 0 Å². The van der Waals surface area contributed by atoms with Gasteiger partial charge in [-0.3, -0.25) is 4.79 Å². The van der Waals surface area contributed by atoms with E-state index in [1.807, 2.05) is 30.3 Å². The van der Waals surface area contributed by atoms with Crippen LogP contribution in [0.4, 0.5) is 0 Å². The first-order valence-electron chi connectivity index (χ1n) is 5.17. The lowest BCUT2D eigenvalue weighted by Gasteiger charge is -2.20. The van der Waals surface area contributed by atoms with E-state index in [4.69, 9.17) is 0 Å². The average molecular weight is 207 g/mol. The Hall–Kier alpha value is -1.35. The molecule has 0 aliphatic carbocycles. The summed E-state index contributed by atoms with van der Waals surface area (Å²) < 4.78 is 0. The van der Waals surface area contributed by atoms with Crippen LogP contribution in [0.2, 0.25) is 0 Å². The molecule has 0 bridgehead atoms. The van der Waals surface area contributed by atoms with Crippen LogP contribution in [-0.2, 0) is 4.79 Å². The van der Waals surface area contributed by atoms with Crippen molar-refractivity contribution in [3.8, 4) is 0 Å². The number of hydrogen-bond donors (Lipinski definition) is 2. The highest BCUT2D eigenvalue weighted by atomic mass is 16.3. The molecule has 3 heteroatoms. The maximum Gasteiger partial charge on any atom is 0.220 e. The molecule has 0 aliphatic rings. The van der Waals surface area contributed by atoms with Gasteiger partial charge in [-0.1, -0.05) is 37.3 Å². The van der Waals surface area contributed by atoms with Gasteiger partial charge in [0.05, 0.1) is 12.1 Å². The number of aliphatic hydroxyl groups is 1. The van der Waals surface area contributed by atoms with E-state index in [0.717, 1.165) is 5.56 Å². The van der Waals surface area contributed by atoms with Crippen molar-refractivity contribution >= 4 is 5.91 Å². The number of carbonyl (C=O) groups excluding carboxylic acids is 1. The molecule has 82 valence electrons. The van der Waals surface area contributed by atoms with E-state index in [1.54, 1.807) is 13.8 Å². The lowest BCUT2D eigenvalue weighted by atomic mass is 10.0. The maximum atomic E-state index is 11.1. The van der Waals surface area contributed by atoms with Gasteiger partial charge >= 0.3 is 0 Å². The Morgan fingerprint density at radius 2 is 2.00 bits per heavy atom. The Balaban J connectivity index is 2.61. The quantitative estimate of drug-likeness (QED) is 0.788. The van der Waals surface area contributed by atoms with Crippen molar-refractivity contribution in [1.82, 2.24) is 5.32 Å². The van der Waals surface area contributed by atoms with Crippen molar-refractivity contribution in [2.24, 2.45) is 0 Å². The number of amides is 1. The largest absolute Gasteiger partial charge is 0.386 e. The molecular weight excluding hydrogens is 190 g/mol. The van der Waals surface area contributed by atoms with Crippen molar-refractivity contribution in [2.75, 3.05) is 0 Å². The van der Waals surface area contributed by atoms with E-state index in [1.165, 1.54) is 0 Å². The summed E-state index contributed by atoms with van der Waals surface area (Å²) in [4.78, 5) is 11.1. The minimum Gasteiger partial charge on any atom is -0.386 e. The summed E-state index contributed by atoms with van der Waals surface area (Å²) in [6, 6.07) is 9.06. The SMILES string of the molecule is CCC(=O)NC(C)C(O)c1ccccc1. The zero-order valence-electron chi connectivity index (χ0n) is 9.10. The molecule has 0 spiro atoms. The van der Waals surface area contributed by atoms with E-state index in [-0.39, 0.29) is 11.9 Å². The topological polar surface area (TPSA) is 49.3 Å². The standard InChI is InChI=1S/C12H17NO2/c1-3-11(14)13-9(2)12(15)10-7-5-4-6-8-10/h4-9,12,15H,3H2,1-2H3,(H,13,14). The van der Waals surface area contributed by atoms with Crippen LogP contribution in [0.1, 0.15) is 31.9 Å². The van der Waals surface area contributed by atoms with Crippen LogP contribution in [0.25, 0.3) is 0 Å². The van der Waals surface area contributed by atoms with Crippen LogP contribution in [-0.4, -0.2) is 17.1 Å². The van der Waals surface area contributed by atoms with Gasteiger partial charge in [-0.05, 0) is 12.5 Å². The second kappa shape index (κ2) is 5.51. The molecule has 1 aromatic rings. The second-order valence-electron chi connectivity index (χ2n) is 3.57. The first-order valence-corrected chi connectivity index (χ1v) is 5.17. The molecule has 0 aliphatic heterocycles. The monoisotopic (exact) mass is 207 g/mol. The molecule has 0 aromatic heterocycles. The van der Waals surface area contributed by atoms with Crippen LogP contribution in [0.5, 0.6) is 0 Å². The van der Waals surface area contributed by atoms with Gasteiger partial charge in [0.1, 0.15) is 0 Å². The lowest BCUT2D eigenvalue weighted by molar-refractivity contribution is -0.122. The van der Waals surface area contributed by atoms with Crippen molar-refractivity contribution in [1.29, 1.82) is 0 Å². The zero-order chi connectivity index (χ0) is 11.3.